The second kappa shape index (κ2) is 5.68. The number of aliphatic hydroxyl groups is 1. The molecule has 2 rings (SSSR count). The molecule has 0 spiro atoms. The van der Waals surface area contributed by atoms with Crippen LogP contribution in [0.5, 0.6) is 5.75 Å². The van der Waals surface area contributed by atoms with E-state index in [1.54, 1.807) is 7.11 Å². The van der Waals surface area contributed by atoms with Gasteiger partial charge in [-0.05, 0) is 34.2 Å². The molecule has 0 aliphatic heterocycles. The first-order valence-corrected chi connectivity index (χ1v) is 6.84. The smallest absolute Gasteiger partial charge is 0.124 e. The third kappa shape index (κ3) is 3.02. The summed E-state index contributed by atoms with van der Waals surface area (Å²) in [6, 6.07) is 14.5. The molecule has 0 aliphatic carbocycles. The van der Waals surface area contributed by atoms with Crippen LogP contribution in [0.3, 0.4) is 0 Å². The molecule has 2 aromatic rings. The van der Waals surface area contributed by atoms with Gasteiger partial charge in [0.15, 0.2) is 0 Å². The summed E-state index contributed by atoms with van der Waals surface area (Å²) in [5, 5.41) is 9.39. The summed E-state index contributed by atoms with van der Waals surface area (Å²) in [7, 11) is 1.62. The monoisotopic (exact) mass is 270 g/mol. The molecule has 1 N–H and O–H groups in total. The van der Waals surface area contributed by atoms with Gasteiger partial charge in [0.1, 0.15) is 5.75 Å². The van der Waals surface area contributed by atoms with Crippen LogP contribution in [0.2, 0.25) is 0 Å². The quantitative estimate of drug-likeness (QED) is 0.907. The Morgan fingerprint density at radius 3 is 2.05 bits per heavy atom. The number of aliphatic hydroxyl groups excluding tert-OH is 1. The van der Waals surface area contributed by atoms with E-state index in [2.05, 4.69) is 45.0 Å². The van der Waals surface area contributed by atoms with Crippen molar-refractivity contribution in [1.82, 2.24) is 0 Å². The molecule has 106 valence electrons. The first-order chi connectivity index (χ1) is 9.45. The van der Waals surface area contributed by atoms with Gasteiger partial charge >= 0.3 is 0 Å². The molecule has 2 aromatic carbocycles. The van der Waals surface area contributed by atoms with Crippen LogP contribution in [-0.2, 0) is 12.0 Å². The van der Waals surface area contributed by atoms with Gasteiger partial charge in [-0.25, -0.2) is 0 Å². The van der Waals surface area contributed by atoms with Gasteiger partial charge in [0.25, 0.3) is 0 Å². The lowest BCUT2D eigenvalue weighted by Gasteiger charge is -2.19. The maximum atomic E-state index is 9.39. The zero-order valence-corrected chi connectivity index (χ0v) is 12.6. The van der Waals surface area contributed by atoms with Crippen LogP contribution in [0.25, 0.3) is 11.1 Å². The average molecular weight is 270 g/mol. The molecule has 20 heavy (non-hydrogen) atoms. The second-order valence-corrected chi connectivity index (χ2v) is 6.01. The first kappa shape index (κ1) is 14.6. The van der Waals surface area contributed by atoms with Crippen molar-refractivity contribution in [3.8, 4) is 16.9 Å². The third-order valence-corrected chi connectivity index (χ3v) is 3.54. The Morgan fingerprint density at radius 2 is 1.55 bits per heavy atom. The Labute approximate surface area is 121 Å². The maximum absolute atomic E-state index is 9.39. The van der Waals surface area contributed by atoms with Crippen LogP contribution in [0.4, 0.5) is 0 Å². The van der Waals surface area contributed by atoms with Gasteiger partial charge in [0, 0.05) is 5.56 Å². The number of hydrogen-bond donors (Lipinski definition) is 1. The Balaban J connectivity index is 2.37. The Morgan fingerprint density at radius 1 is 0.950 bits per heavy atom. The summed E-state index contributed by atoms with van der Waals surface area (Å²) in [5.74, 6) is 0.725. The fourth-order valence-electron chi connectivity index (χ4n) is 2.24. The highest BCUT2D eigenvalue weighted by molar-refractivity contribution is 5.66. The molecular formula is C18H22O2. The summed E-state index contributed by atoms with van der Waals surface area (Å²) in [5.41, 5.74) is 4.53. The minimum atomic E-state index is -0.0168. The van der Waals surface area contributed by atoms with Gasteiger partial charge in [-0.1, -0.05) is 51.1 Å². The molecule has 0 heterocycles. The fraction of sp³-hybridized carbons (Fsp3) is 0.333. The van der Waals surface area contributed by atoms with Crippen LogP contribution >= 0.6 is 0 Å². The van der Waals surface area contributed by atoms with E-state index in [0.29, 0.717) is 0 Å². The molecular weight excluding hydrogens is 248 g/mol. The molecule has 0 bridgehead atoms. The van der Waals surface area contributed by atoms with Crippen LogP contribution in [0, 0.1) is 0 Å². The number of ether oxygens (including phenoxy) is 1. The molecule has 0 amide bonds. The predicted octanol–water partition coefficient (Wildman–Crippen LogP) is 4.15. The largest absolute Gasteiger partial charge is 0.496 e. The highest BCUT2D eigenvalue weighted by Gasteiger charge is 2.13. The third-order valence-electron chi connectivity index (χ3n) is 3.54. The van der Waals surface area contributed by atoms with Crippen molar-refractivity contribution in [2.45, 2.75) is 32.8 Å². The van der Waals surface area contributed by atoms with Gasteiger partial charge in [-0.3, -0.25) is 0 Å². The molecule has 0 saturated carbocycles. The average Bonchev–Trinajstić information content (AvgIpc) is 2.45. The van der Waals surface area contributed by atoms with E-state index in [9.17, 15) is 5.11 Å². The molecule has 2 heteroatoms. The number of rotatable bonds is 3. The second-order valence-electron chi connectivity index (χ2n) is 6.01. The first-order valence-electron chi connectivity index (χ1n) is 6.84. The zero-order valence-electron chi connectivity index (χ0n) is 12.6. The number of hydrogen-bond acceptors (Lipinski definition) is 2. The lowest BCUT2D eigenvalue weighted by atomic mass is 9.86. The minimum Gasteiger partial charge on any atom is -0.496 e. The van der Waals surface area contributed by atoms with E-state index in [-0.39, 0.29) is 12.0 Å². The minimum absolute atomic E-state index is 0.0168. The van der Waals surface area contributed by atoms with E-state index in [1.165, 1.54) is 5.56 Å². The van der Waals surface area contributed by atoms with Crippen molar-refractivity contribution in [3.05, 3.63) is 53.6 Å². The van der Waals surface area contributed by atoms with Gasteiger partial charge in [-0.15, -0.1) is 0 Å². The van der Waals surface area contributed by atoms with Gasteiger partial charge in [0.2, 0.25) is 0 Å². The fourth-order valence-corrected chi connectivity index (χ4v) is 2.24. The van der Waals surface area contributed by atoms with Crippen LogP contribution in [0.1, 0.15) is 31.9 Å². The lowest BCUT2D eigenvalue weighted by Crippen LogP contribution is -2.10. The van der Waals surface area contributed by atoms with Crippen molar-refractivity contribution in [3.63, 3.8) is 0 Å². The normalized spacial score (nSPS) is 11.4. The predicted molar refractivity (Wildman–Crippen MR) is 83.1 cm³/mol. The van der Waals surface area contributed by atoms with Gasteiger partial charge < -0.3 is 9.84 Å². The SMILES string of the molecule is COc1ccc(-c2ccc(C(C)(C)C)cc2)cc1CO. The summed E-state index contributed by atoms with van der Waals surface area (Å²) in [6.45, 7) is 6.61. The van der Waals surface area contributed by atoms with Gasteiger partial charge in [0.05, 0.1) is 13.7 Å². The van der Waals surface area contributed by atoms with Crippen molar-refractivity contribution >= 4 is 0 Å². The molecule has 2 nitrogen and oxygen atoms in total. The van der Waals surface area contributed by atoms with E-state index in [0.717, 1.165) is 22.4 Å². The van der Waals surface area contributed by atoms with Crippen molar-refractivity contribution in [2.75, 3.05) is 7.11 Å². The van der Waals surface area contributed by atoms with Crippen LogP contribution in [-0.4, -0.2) is 12.2 Å². The highest BCUT2D eigenvalue weighted by atomic mass is 16.5. The van der Waals surface area contributed by atoms with E-state index < -0.39 is 0 Å². The van der Waals surface area contributed by atoms with Crippen molar-refractivity contribution in [1.29, 1.82) is 0 Å². The topological polar surface area (TPSA) is 29.5 Å². The van der Waals surface area contributed by atoms with Crippen LogP contribution < -0.4 is 4.74 Å². The van der Waals surface area contributed by atoms with Crippen LogP contribution in [0.15, 0.2) is 42.5 Å². The summed E-state index contributed by atoms with van der Waals surface area (Å²) >= 11 is 0. The highest BCUT2D eigenvalue weighted by Crippen LogP contribution is 2.29. The molecule has 0 aromatic heterocycles. The van der Waals surface area contributed by atoms with E-state index >= 15 is 0 Å². The van der Waals surface area contributed by atoms with Gasteiger partial charge in [-0.2, -0.15) is 0 Å². The summed E-state index contributed by atoms with van der Waals surface area (Å²) in [4.78, 5) is 0. The lowest BCUT2D eigenvalue weighted by molar-refractivity contribution is 0.274. The van der Waals surface area contributed by atoms with Crippen molar-refractivity contribution < 1.29 is 9.84 Å². The Bertz CT molecular complexity index is 577. The molecule has 0 radical (unpaired) electrons. The Hall–Kier alpha value is -1.80. The number of benzene rings is 2. The molecule has 0 atom stereocenters. The standard InChI is InChI=1S/C18H22O2/c1-18(2,3)16-8-5-13(6-9-16)14-7-10-17(20-4)15(11-14)12-19/h5-11,19H,12H2,1-4H3. The van der Waals surface area contributed by atoms with E-state index in [4.69, 9.17) is 4.74 Å². The molecule has 0 aliphatic rings. The molecule has 0 unspecified atom stereocenters. The van der Waals surface area contributed by atoms with Crippen molar-refractivity contribution in [2.24, 2.45) is 0 Å². The number of methoxy groups -OCH3 is 1. The maximum Gasteiger partial charge on any atom is 0.124 e. The summed E-state index contributed by atoms with van der Waals surface area (Å²) < 4.78 is 5.23. The Kier molecular flexibility index (Phi) is 4.15. The molecule has 0 fully saturated rings. The molecule has 0 saturated heterocycles. The summed E-state index contributed by atoms with van der Waals surface area (Å²) in [6.07, 6.45) is 0. The zero-order chi connectivity index (χ0) is 14.8. The van der Waals surface area contributed by atoms with E-state index in [1.807, 2.05) is 18.2 Å².